The monoisotopic (exact) mass is 337 g/mol. The first-order valence-corrected chi connectivity index (χ1v) is 10.1. The quantitative estimate of drug-likeness (QED) is 0.476. The van der Waals surface area contributed by atoms with Gasteiger partial charge in [0.05, 0.1) is 5.60 Å². The molecule has 2 aliphatic heterocycles. The molecule has 2 aliphatic rings. The maximum absolute atomic E-state index is 5.99. The van der Waals surface area contributed by atoms with Gasteiger partial charge in [0, 0.05) is 31.3 Å². The highest BCUT2D eigenvalue weighted by molar-refractivity contribution is 5.66. The number of likely N-dealkylation sites (tertiary alicyclic amines) is 1. The fourth-order valence-corrected chi connectivity index (χ4v) is 4.37. The van der Waals surface area contributed by atoms with E-state index in [2.05, 4.69) is 43.7 Å². The lowest BCUT2D eigenvalue weighted by Crippen LogP contribution is -2.48. The molecular formula is C20H39N3O. The van der Waals surface area contributed by atoms with Gasteiger partial charge in [0.25, 0.3) is 0 Å². The average Bonchev–Trinajstić information content (AvgIpc) is 3.02. The summed E-state index contributed by atoms with van der Waals surface area (Å²) in [6.07, 6.45) is 8.41. The van der Waals surface area contributed by atoms with Crippen molar-refractivity contribution in [2.45, 2.75) is 65.4 Å². The van der Waals surface area contributed by atoms with Crippen LogP contribution in [0.2, 0.25) is 0 Å². The lowest BCUT2D eigenvalue weighted by molar-refractivity contribution is -0.0897. The van der Waals surface area contributed by atoms with Gasteiger partial charge in [0.1, 0.15) is 0 Å². The van der Waals surface area contributed by atoms with E-state index in [1.165, 1.54) is 32.5 Å². The van der Waals surface area contributed by atoms with Crippen molar-refractivity contribution in [1.82, 2.24) is 9.80 Å². The summed E-state index contributed by atoms with van der Waals surface area (Å²) in [7, 11) is 0. The highest BCUT2D eigenvalue weighted by Gasteiger charge is 2.41. The van der Waals surface area contributed by atoms with Gasteiger partial charge in [-0.1, -0.05) is 13.8 Å². The van der Waals surface area contributed by atoms with Crippen LogP contribution in [0.3, 0.4) is 0 Å². The summed E-state index contributed by atoms with van der Waals surface area (Å²) in [5.74, 6) is 0. The van der Waals surface area contributed by atoms with Gasteiger partial charge in [0.15, 0.2) is 0 Å². The first kappa shape index (κ1) is 19.9. The van der Waals surface area contributed by atoms with Gasteiger partial charge in [-0.15, -0.1) is 0 Å². The van der Waals surface area contributed by atoms with Crippen molar-refractivity contribution in [2.75, 3.05) is 52.4 Å². The third-order valence-corrected chi connectivity index (χ3v) is 5.63. The van der Waals surface area contributed by atoms with Crippen molar-refractivity contribution in [2.24, 2.45) is 10.4 Å². The molecule has 0 aromatic heterocycles. The molecule has 2 rings (SSSR count). The maximum atomic E-state index is 5.99. The molecule has 1 atom stereocenters. The van der Waals surface area contributed by atoms with Crippen LogP contribution in [0.25, 0.3) is 0 Å². The Bertz CT molecular complexity index is 386. The van der Waals surface area contributed by atoms with Crippen LogP contribution in [0.15, 0.2) is 4.99 Å². The van der Waals surface area contributed by atoms with Crippen LogP contribution in [0, 0.1) is 5.41 Å². The summed E-state index contributed by atoms with van der Waals surface area (Å²) in [6, 6.07) is 0. The molecule has 2 saturated heterocycles. The minimum Gasteiger partial charge on any atom is -0.376 e. The van der Waals surface area contributed by atoms with Crippen LogP contribution in [-0.4, -0.2) is 74.0 Å². The fourth-order valence-electron chi connectivity index (χ4n) is 4.37. The summed E-state index contributed by atoms with van der Waals surface area (Å²) in [4.78, 5) is 10.0. The molecule has 0 aromatic carbocycles. The number of ether oxygens (including phenoxy) is 1. The number of aliphatic imine (C=N–C) groups is 1. The zero-order valence-electron chi connectivity index (χ0n) is 16.5. The van der Waals surface area contributed by atoms with Crippen LogP contribution in [-0.2, 0) is 4.74 Å². The number of nitrogens with zero attached hydrogens (tertiary/aromatic N) is 3. The standard InChI is InChI=1S/C20H39N3O/c1-5-22(6-2)14-9-11-21-17-20(18-23-12-7-8-13-23)10-15-24-19(3,4)16-20/h17H,5-16,18H2,1-4H3/t20-/m0/s1. The normalized spacial score (nSPS) is 28.2. The van der Waals surface area contributed by atoms with Crippen LogP contribution < -0.4 is 0 Å². The van der Waals surface area contributed by atoms with Gasteiger partial charge in [-0.05, 0) is 78.7 Å². The molecule has 2 heterocycles. The first-order valence-electron chi connectivity index (χ1n) is 10.1. The highest BCUT2D eigenvalue weighted by Crippen LogP contribution is 2.38. The zero-order chi connectivity index (χ0) is 17.5. The average molecular weight is 338 g/mol. The van der Waals surface area contributed by atoms with Crippen LogP contribution in [0.1, 0.15) is 59.8 Å². The van der Waals surface area contributed by atoms with Crippen molar-refractivity contribution in [3.63, 3.8) is 0 Å². The lowest BCUT2D eigenvalue weighted by Gasteiger charge is -2.44. The Kier molecular flexibility index (Phi) is 7.70. The Labute approximate surface area is 149 Å². The molecule has 0 amide bonds. The molecule has 4 heteroatoms. The zero-order valence-corrected chi connectivity index (χ0v) is 16.5. The lowest BCUT2D eigenvalue weighted by atomic mass is 9.74. The summed E-state index contributed by atoms with van der Waals surface area (Å²) in [6.45, 7) is 17.9. The third-order valence-electron chi connectivity index (χ3n) is 5.63. The van der Waals surface area contributed by atoms with Gasteiger partial charge in [-0.3, -0.25) is 4.99 Å². The summed E-state index contributed by atoms with van der Waals surface area (Å²) < 4.78 is 5.99. The van der Waals surface area contributed by atoms with Crippen molar-refractivity contribution >= 4 is 6.21 Å². The molecule has 2 fully saturated rings. The summed E-state index contributed by atoms with van der Waals surface area (Å²) in [5, 5.41) is 0. The smallest absolute Gasteiger partial charge is 0.0635 e. The van der Waals surface area contributed by atoms with Gasteiger partial charge in [-0.2, -0.15) is 0 Å². The SMILES string of the molecule is CCN(CC)CCCN=C[C@]1(CN2CCCC2)CCOC(C)(C)C1. The first-order chi connectivity index (χ1) is 11.5. The van der Waals surface area contributed by atoms with Crippen LogP contribution in [0.5, 0.6) is 0 Å². The molecule has 0 bridgehead atoms. The minimum atomic E-state index is -0.0226. The minimum absolute atomic E-state index is 0.0226. The number of rotatable bonds is 9. The van der Waals surface area contributed by atoms with Crippen molar-refractivity contribution < 1.29 is 4.74 Å². The van der Waals surface area contributed by atoms with E-state index in [1.54, 1.807) is 0 Å². The Morgan fingerprint density at radius 3 is 2.50 bits per heavy atom. The summed E-state index contributed by atoms with van der Waals surface area (Å²) in [5.41, 5.74) is 0.187. The van der Waals surface area contributed by atoms with E-state index in [0.29, 0.717) is 0 Å². The molecule has 0 N–H and O–H groups in total. The Hall–Kier alpha value is -0.450. The Morgan fingerprint density at radius 2 is 1.88 bits per heavy atom. The van der Waals surface area contributed by atoms with E-state index in [9.17, 15) is 0 Å². The van der Waals surface area contributed by atoms with Gasteiger partial charge < -0.3 is 14.5 Å². The predicted octanol–water partition coefficient (Wildman–Crippen LogP) is 3.46. The van der Waals surface area contributed by atoms with Gasteiger partial charge in [0.2, 0.25) is 0 Å². The molecule has 24 heavy (non-hydrogen) atoms. The topological polar surface area (TPSA) is 28.1 Å². The van der Waals surface area contributed by atoms with Crippen molar-refractivity contribution in [3.8, 4) is 0 Å². The summed E-state index contributed by atoms with van der Waals surface area (Å²) >= 11 is 0. The second-order valence-corrected chi connectivity index (χ2v) is 8.30. The van der Waals surface area contributed by atoms with Crippen LogP contribution >= 0.6 is 0 Å². The number of hydrogen-bond donors (Lipinski definition) is 0. The van der Waals surface area contributed by atoms with Gasteiger partial charge >= 0.3 is 0 Å². The van der Waals surface area contributed by atoms with E-state index < -0.39 is 0 Å². The molecule has 4 nitrogen and oxygen atoms in total. The predicted molar refractivity (Wildman–Crippen MR) is 103 cm³/mol. The molecule has 0 aliphatic carbocycles. The molecule has 0 saturated carbocycles. The molecule has 0 spiro atoms. The van der Waals surface area contributed by atoms with Crippen molar-refractivity contribution in [1.29, 1.82) is 0 Å². The highest BCUT2D eigenvalue weighted by atomic mass is 16.5. The fraction of sp³-hybridized carbons (Fsp3) is 0.950. The second kappa shape index (κ2) is 9.30. The molecule has 140 valence electrons. The van der Waals surface area contributed by atoms with E-state index in [1.807, 2.05) is 0 Å². The van der Waals surface area contributed by atoms with Crippen LogP contribution in [0.4, 0.5) is 0 Å². The van der Waals surface area contributed by atoms with E-state index in [4.69, 9.17) is 9.73 Å². The maximum Gasteiger partial charge on any atom is 0.0635 e. The third kappa shape index (κ3) is 6.12. The van der Waals surface area contributed by atoms with Crippen molar-refractivity contribution in [3.05, 3.63) is 0 Å². The number of hydrogen-bond acceptors (Lipinski definition) is 4. The van der Waals surface area contributed by atoms with E-state index >= 15 is 0 Å². The Balaban J connectivity index is 1.91. The molecular weight excluding hydrogens is 298 g/mol. The largest absolute Gasteiger partial charge is 0.376 e. The second-order valence-electron chi connectivity index (χ2n) is 8.30. The molecule has 0 radical (unpaired) electrons. The van der Waals surface area contributed by atoms with E-state index in [0.717, 1.165) is 52.0 Å². The molecule has 0 aromatic rings. The Morgan fingerprint density at radius 1 is 1.17 bits per heavy atom. The van der Waals surface area contributed by atoms with E-state index in [-0.39, 0.29) is 11.0 Å². The molecule has 0 unspecified atom stereocenters. The van der Waals surface area contributed by atoms with Gasteiger partial charge in [-0.25, -0.2) is 0 Å².